The summed E-state index contributed by atoms with van der Waals surface area (Å²) in [5, 5.41) is 35.5. The van der Waals surface area contributed by atoms with E-state index in [9.17, 15) is 19.5 Å². The Hall–Kier alpha value is 1.74. The van der Waals surface area contributed by atoms with E-state index in [1.165, 1.54) is 0 Å². The third kappa shape index (κ3) is 10.9. The molecule has 0 aromatic heterocycles. The number of carboxylic acids is 3. The van der Waals surface area contributed by atoms with E-state index in [4.69, 9.17) is 15.3 Å². The van der Waals surface area contributed by atoms with Gasteiger partial charge in [-0.15, -0.1) is 0 Å². The number of aliphatic carboxylic acids is 3. The number of carbonyl (C=O) groups is 3. The normalized spacial score (nSPS) is 11.8. The van der Waals surface area contributed by atoms with Crippen LogP contribution < -0.4 is 110 Å². The van der Waals surface area contributed by atoms with Crippen LogP contribution in [0.2, 0.25) is 0 Å². The van der Waals surface area contributed by atoms with Gasteiger partial charge in [0.1, 0.15) is 0 Å². The molecule has 0 saturated carbocycles. The van der Waals surface area contributed by atoms with Crippen molar-refractivity contribution in [1.29, 1.82) is 0 Å². The number of carboxylic acid groups (broad SMARTS) is 3. The van der Waals surface area contributed by atoms with Gasteiger partial charge in [0.2, 0.25) is 0 Å². The Morgan fingerprint density at radius 2 is 1.50 bits per heavy atom. The molecule has 0 bridgehead atoms. The smallest absolute Gasteiger partial charge is 1.00 e. The fourth-order valence-electron chi connectivity index (χ4n) is 0.703. The molecule has 0 rings (SSSR count). The van der Waals surface area contributed by atoms with Crippen molar-refractivity contribution in [2.45, 2.75) is 18.4 Å². The van der Waals surface area contributed by atoms with Gasteiger partial charge in [0.15, 0.2) is 5.60 Å². The van der Waals surface area contributed by atoms with Crippen LogP contribution in [-0.2, 0) is 14.4 Å². The van der Waals surface area contributed by atoms with Crippen molar-refractivity contribution in [2.24, 2.45) is 0 Å². The predicted octanol–water partition coefficient (Wildman–Crippen LogP) is -11.6. The summed E-state index contributed by atoms with van der Waals surface area (Å²) in [7, 11) is 0. The maximum atomic E-state index is 10.3. The molecule has 3 N–H and O–H groups in total. The zero-order valence-electron chi connectivity index (χ0n) is 8.77. The van der Waals surface area contributed by atoms with Crippen molar-refractivity contribution >= 4 is 17.9 Å². The largest absolute Gasteiger partial charge is 1.00 e. The Morgan fingerprint density at radius 1 is 1.12 bits per heavy atom. The van der Waals surface area contributed by atoms with Crippen LogP contribution in [0.25, 0.3) is 0 Å². The minimum atomic E-state index is -2.80. The average molecular weight is 380 g/mol. The van der Waals surface area contributed by atoms with Crippen LogP contribution in [0, 0.1) is 0 Å². The second-order valence-electron chi connectivity index (χ2n) is 2.46. The third-order valence-corrected chi connectivity index (χ3v) is 1.28. The summed E-state index contributed by atoms with van der Waals surface area (Å²) in [6, 6.07) is 0. The Morgan fingerprint density at radius 3 is 1.69 bits per heavy atom. The Labute approximate surface area is 173 Å². The number of carbonyl (C=O) groups excluding carboxylic acids is 1. The average Bonchev–Trinajstić information content (AvgIpc) is 1.82. The van der Waals surface area contributed by atoms with Crippen LogP contribution in [0.3, 0.4) is 0 Å². The van der Waals surface area contributed by atoms with Crippen LogP contribution in [0.5, 0.6) is 0 Å². The van der Waals surface area contributed by atoms with E-state index >= 15 is 0 Å². The first kappa shape index (κ1) is 26.3. The monoisotopic (exact) mass is 380 g/mol. The molecule has 16 heavy (non-hydrogen) atoms. The molecule has 0 aromatic rings. The summed E-state index contributed by atoms with van der Waals surface area (Å²) >= 11 is 0. The molecule has 0 heterocycles. The van der Waals surface area contributed by atoms with Crippen molar-refractivity contribution in [3.8, 4) is 0 Å². The van der Waals surface area contributed by atoms with Crippen molar-refractivity contribution in [1.82, 2.24) is 0 Å². The summed E-state index contributed by atoms with van der Waals surface area (Å²) in [6.07, 6.45) is -2.44. The van der Waals surface area contributed by atoms with Crippen LogP contribution >= 0.6 is 0 Å². The van der Waals surface area contributed by atoms with Crippen LogP contribution in [0.4, 0.5) is 0 Å². The van der Waals surface area contributed by atoms with Crippen LogP contribution in [-0.4, -0.2) is 38.8 Å². The molecule has 0 saturated heterocycles. The van der Waals surface area contributed by atoms with E-state index in [0.717, 1.165) is 0 Å². The fraction of sp³-hybridized carbons (Fsp3) is 0.500. The van der Waals surface area contributed by atoms with Crippen LogP contribution in [0.15, 0.2) is 0 Å². The molecule has 0 amide bonds. The van der Waals surface area contributed by atoms with Crippen molar-refractivity contribution < 1.29 is 140 Å². The Balaban J connectivity index is -0.000000240. The summed E-state index contributed by atoms with van der Waals surface area (Å²) < 4.78 is 0. The summed E-state index contributed by atoms with van der Waals surface area (Å²) in [5.41, 5.74) is -2.80. The van der Waals surface area contributed by atoms with Gasteiger partial charge < -0.3 is 49.2 Å². The SMILES string of the molecule is O=C([O-])CC(O)(CC(=O)O)C(=O)O.[I-].[K+].[Na+]. The van der Waals surface area contributed by atoms with Crippen molar-refractivity contribution in [3.05, 3.63) is 0 Å². The standard InChI is InChI=1S/C6H8O7.HI.K.Na/c7-3(8)1-6(13,5(11)12)2-4(9)10;;;/h13H,1-2H2,(H,7,8)(H,9,10)(H,11,12);1H;;/q;;2*+1/p-2. The topological polar surface area (TPSA) is 135 Å². The molecule has 0 aliphatic heterocycles. The minimum Gasteiger partial charge on any atom is -1.00 e. The number of hydrogen-bond donors (Lipinski definition) is 3. The first-order valence-corrected chi connectivity index (χ1v) is 3.15. The second-order valence-corrected chi connectivity index (χ2v) is 2.46. The quantitative estimate of drug-likeness (QED) is 0.319. The van der Waals surface area contributed by atoms with Gasteiger partial charge in [-0.25, -0.2) is 4.79 Å². The maximum Gasteiger partial charge on any atom is 1.00 e. The molecule has 1 unspecified atom stereocenters. The van der Waals surface area contributed by atoms with Gasteiger partial charge in [0.05, 0.1) is 6.42 Å². The first-order valence-electron chi connectivity index (χ1n) is 3.15. The van der Waals surface area contributed by atoms with E-state index in [-0.39, 0.29) is 105 Å². The van der Waals surface area contributed by atoms with Gasteiger partial charge in [-0.1, -0.05) is 0 Å². The molecule has 7 nitrogen and oxygen atoms in total. The van der Waals surface area contributed by atoms with E-state index < -0.39 is 36.4 Å². The van der Waals surface area contributed by atoms with Crippen molar-refractivity contribution in [3.63, 3.8) is 0 Å². The molecular weight excluding hydrogens is 373 g/mol. The second kappa shape index (κ2) is 11.8. The molecule has 0 aliphatic carbocycles. The molecule has 0 radical (unpaired) electrons. The van der Waals surface area contributed by atoms with Crippen molar-refractivity contribution in [2.75, 3.05) is 0 Å². The van der Waals surface area contributed by atoms with Gasteiger partial charge in [0, 0.05) is 12.4 Å². The predicted molar refractivity (Wildman–Crippen MR) is 34.5 cm³/mol. The molecule has 1 atom stereocenters. The molecule has 0 spiro atoms. The summed E-state index contributed by atoms with van der Waals surface area (Å²) in [5.74, 6) is -5.34. The van der Waals surface area contributed by atoms with Crippen LogP contribution in [0.1, 0.15) is 12.8 Å². The van der Waals surface area contributed by atoms with E-state index in [1.807, 2.05) is 0 Å². The van der Waals surface area contributed by atoms with E-state index in [0.29, 0.717) is 0 Å². The minimum absolute atomic E-state index is 0. The number of halogens is 1. The number of rotatable bonds is 5. The number of aliphatic hydroxyl groups is 1. The van der Waals surface area contributed by atoms with E-state index in [2.05, 4.69) is 0 Å². The zero-order valence-corrected chi connectivity index (χ0v) is 16.0. The summed E-state index contributed by atoms with van der Waals surface area (Å²) in [4.78, 5) is 30.3. The van der Waals surface area contributed by atoms with Gasteiger partial charge in [-0.3, -0.25) is 4.79 Å². The summed E-state index contributed by atoms with van der Waals surface area (Å²) in [6.45, 7) is 0. The Kier molecular flexibility index (Phi) is 19.4. The van der Waals surface area contributed by atoms with Gasteiger partial charge in [-0.2, -0.15) is 0 Å². The molecule has 0 aliphatic rings. The third-order valence-electron chi connectivity index (χ3n) is 1.28. The molecule has 10 heteroatoms. The first-order chi connectivity index (χ1) is 5.78. The van der Waals surface area contributed by atoms with Gasteiger partial charge >= 0.3 is 92.9 Å². The zero-order chi connectivity index (χ0) is 10.6. The molecule has 0 fully saturated rings. The van der Waals surface area contributed by atoms with E-state index in [1.54, 1.807) is 0 Å². The fourth-order valence-corrected chi connectivity index (χ4v) is 0.703. The van der Waals surface area contributed by atoms with Gasteiger partial charge in [0.25, 0.3) is 0 Å². The molecule has 0 aromatic carbocycles. The number of hydrogen-bond acceptors (Lipinski definition) is 5. The molecular formula is C6H7IKNaO7. The Bertz CT molecular complexity index is 243. The molecule has 82 valence electrons. The maximum absolute atomic E-state index is 10.3. The van der Waals surface area contributed by atoms with Gasteiger partial charge in [-0.05, 0) is 0 Å².